The average Bonchev–Trinajstić information content (AvgIpc) is 3.41. The lowest BCUT2D eigenvalue weighted by atomic mass is 9.65. The summed E-state index contributed by atoms with van der Waals surface area (Å²) < 4.78 is 12.3. The highest BCUT2D eigenvalue weighted by molar-refractivity contribution is 14.1. The van der Waals surface area contributed by atoms with Crippen LogP contribution in [-0.4, -0.2) is 63.9 Å². The average molecular weight is 647 g/mol. The van der Waals surface area contributed by atoms with E-state index in [-0.39, 0.29) is 29.5 Å². The Morgan fingerprint density at radius 3 is 2.51 bits per heavy atom. The van der Waals surface area contributed by atoms with Crippen molar-refractivity contribution in [1.29, 1.82) is 0 Å². The van der Waals surface area contributed by atoms with Crippen molar-refractivity contribution in [2.45, 2.75) is 57.1 Å². The van der Waals surface area contributed by atoms with E-state index in [1.54, 1.807) is 11.0 Å². The first-order valence-electron chi connectivity index (χ1n) is 13.8. The Hall–Kier alpha value is -2.21. The quantitative estimate of drug-likeness (QED) is 0.374. The smallest absolute Gasteiger partial charge is 0.233 e. The van der Waals surface area contributed by atoms with Gasteiger partial charge in [0, 0.05) is 37.5 Å². The first-order chi connectivity index (χ1) is 18.7. The van der Waals surface area contributed by atoms with Crippen LogP contribution in [0.2, 0.25) is 0 Å². The number of rotatable bonds is 5. The Bertz CT molecular complexity index is 1270. The maximum Gasteiger partial charge on any atom is 0.233 e. The molecule has 0 bridgehead atoms. The van der Waals surface area contributed by atoms with Gasteiger partial charge in [0.2, 0.25) is 11.8 Å². The number of imide groups is 1. The Morgan fingerprint density at radius 1 is 1.10 bits per heavy atom. The van der Waals surface area contributed by atoms with Crippen molar-refractivity contribution in [3.63, 3.8) is 0 Å². The minimum atomic E-state index is -1.49. The Labute approximate surface area is 242 Å². The lowest BCUT2D eigenvalue weighted by molar-refractivity contribution is -0.265. The van der Waals surface area contributed by atoms with Gasteiger partial charge in [0.15, 0.2) is 17.3 Å². The molecule has 3 saturated heterocycles. The van der Waals surface area contributed by atoms with Crippen molar-refractivity contribution in [2.75, 3.05) is 20.2 Å². The summed E-state index contributed by atoms with van der Waals surface area (Å²) in [6.45, 7) is 4.45. The number of aromatic hydroxyl groups is 1. The number of methoxy groups -OCH3 is 1. The summed E-state index contributed by atoms with van der Waals surface area (Å²) in [6.07, 6.45) is 1.91. The number of carbonyl (C=O) groups is 2. The van der Waals surface area contributed by atoms with Crippen LogP contribution in [0.5, 0.6) is 11.5 Å². The number of nitrogens with zero attached hydrogens (tertiary/aromatic N) is 2. The molecule has 3 aliphatic heterocycles. The Balaban J connectivity index is 1.20. The first-order valence-corrected chi connectivity index (χ1v) is 14.9. The second-order valence-corrected chi connectivity index (χ2v) is 12.7. The number of hydrogen-bond acceptors (Lipinski definition) is 7. The number of ether oxygens (including phenoxy) is 2. The van der Waals surface area contributed by atoms with Crippen LogP contribution in [0, 0.1) is 27.2 Å². The first kappa shape index (κ1) is 27.0. The standard InChI is InChI=1S/C30H35IN2O6/c1-17-12-21-26(22-15-24(39-30(17,22)37)19-13-23(31)27(34)25(14-19)38-2)29(36)33(28(21)35)20-8-10-32(11-9-20)16-18-6-4-3-5-7-18/h3-7,13-14,17,20-22,24,26,34,37H,8-12,15-16H2,1-2H3/t17-,21-,22-,24-,26-,30+/m0/s1. The van der Waals surface area contributed by atoms with Gasteiger partial charge in [-0.25, -0.2) is 0 Å². The predicted molar refractivity (Wildman–Crippen MR) is 152 cm³/mol. The summed E-state index contributed by atoms with van der Waals surface area (Å²) in [5.74, 6) is -3.09. The fraction of sp³-hybridized carbons (Fsp3) is 0.533. The van der Waals surface area contributed by atoms with E-state index in [2.05, 4.69) is 17.0 Å². The molecule has 8 nitrogen and oxygen atoms in total. The second kappa shape index (κ2) is 10.3. The van der Waals surface area contributed by atoms with Crippen LogP contribution in [-0.2, 0) is 20.9 Å². The van der Waals surface area contributed by atoms with E-state index < -0.39 is 29.6 Å². The van der Waals surface area contributed by atoms with Crippen LogP contribution < -0.4 is 4.74 Å². The van der Waals surface area contributed by atoms with Crippen molar-refractivity contribution in [3.8, 4) is 11.5 Å². The van der Waals surface area contributed by atoms with Gasteiger partial charge in [0.1, 0.15) is 0 Å². The number of carbonyl (C=O) groups excluding carboxylic acids is 2. The molecule has 208 valence electrons. The Kier molecular flexibility index (Phi) is 7.14. The van der Waals surface area contributed by atoms with Crippen molar-refractivity contribution >= 4 is 34.4 Å². The fourth-order valence-corrected chi connectivity index (χ4v) is 7.97. The van der Waals surface area contributed by atoms with E-state index in [9.17, 15) is 19.8 Å². The number of halogens is 1. The third-order valence-electron chi connectivity index (χ3n) is 9.40. The lowest BCUT2D eigenvalue weighted by Gasteiger charge is -2.43. The summed E-state index contributed by atoms with van der Waals surface area (Å²) in [5.41, 5.74) is 2.04. The second-order valence-electron chi connectivity index (χ2n) is 11.6. The lowest BCUT2D eigenvalue weighted by Crippen LogP contribution is -2.52. The van der Waals surface area contributed by atoms with Crippen LogP contribution >= 0.6 is 22.6 Å². The number of hydrogen-bond donors (Lipinski definition) is 2. The molecule has 2 N–H and O–H groups in total. The third-order valence-corrected chi connectivity index (χ3v) is 10.2. The van der Waals surface area contributed by atoms with Crippen LogP contribution in [0.3, 0.4) is 0 Å². The molecule has 4 aliphatic rings. The van der Waals surface area contributed by atoms with Crippen molar-refractivity contribution in [1.82, 2.24) is 9.80 Å². The van der Waals surface area contributed by atoms with Crippen LogP contribution in [0.1, 0.15) is 49.8 Å². The molecular weight excluding hydrogens is 611 g/mol. The zero-order valence-electron chi connectivity index (χ0n) is 22.3. The summed E-state index contributed by atoms with van der Waals surface area (Å²) in [5, 5.41) is 22.1. The number of fused-ring (bicyclic) bond motifs is 3. The van der Waals surface area contributed by atoms with E-state index in [4.69, 9.17) is 9.47 Å². The number of likely N-dealkylation sites (tertiary alicyclic amines) is 2. The normalized spacial score (nSPS) is 33.3. The van der Waals surface area contributed by atoms with Gasteiger partial charge >= 0.3 is 0 Å². The molecular formula is C30H35IN2O6. The molecule has 1 saturated carbocycles. The molecule has 1 aliphatic carbocycles. The molecule has 0 radical (unpaired) electrons. The number of benzene rings is 2. The van der Waals surface area contributed by atoms with E-state index in [0.717, 1.165) is 38.0 Å². The zero-order valence-corrected chi connectivity index (χ0v) is 24.4. The van der Waals surface area contributed by atoms with E-state index in [1.165, 1.54) is 12.7 Å². The molecule has 39 heavy (non-hydrogen) atoms. The van der Waals surface area contributed by atoms with E-state index in [1.807, 2.05) is 53.8 Å². The topological polar surface area (TPSA) is 99.5 Å². The van der Waals surface area contributed by atoms with Crippen LogP contribution in [0.4, 0.5) is 0 Å². The zero-order chi connectivity index (χ0) is 27.5. The summed E-state index contributed by atoms with van der Waals surface area (Å²) in [4.78, 5) is 31.6. The third kappa shape index (κ3) is 4.55. The van der Waals surface area contributed by atoms with Crippen molar-refractivity contribution in [2.24, 2.45) is 23.7 Å². The summed E-state index contributed by atoms with van der Waals surface area (Å²) in [7, 11) is 1.49. The highest BCUT2D eigenvalue weighted by Gasteiger charge is 2.66. The van der Waals surface area contributed by atoms with Crippen LogP contribution in [0.25, 0.3) is 0 Å². The maximum atomic E-state index is 13.9. The van der Waals surface area contributed by atoms with Gasteiger partial charge in [-0.3, -0.25) is 19.4 Å². The van der Waals surface area contributed by atoms with Gasteiger partial charge in [-0.15, -0.1) is 0 Å². The summed E-state index contributed by atoms with van der Waals surface area (Å²) >= 11 is 2.04. The molecule has 0 spiro atoms. The minimum absolute atomic E-state index is 0.0615. The van der Waals surface area contributed by atoms with E-state index >= 15 is 0 Å². The molecule has 3 heterocycles. The van der Waals surface area contributed by atoms with Crippen LogP contribution in [0.15, 0.2) is 42.5 Å². The molecule has 6 atom stereocenters. The van der Waals surface area contributed by atoms with Gasteiger partial charge in [-0.05, 0) is 71.5 Å². The highest BCUT2D eigenvalue weighted by atomic mass is 127. The molecule has 6 rings (SSSR count). The molecule has 9 heteroatoms. The molecule has 4 fully saturated rings. The number of piperidine rings is 1. The van der Waals surface area contributed by atoms with E-state index in [0.29, 0.717) is 22.2 Å². The molecule has 2 aromatic rings. The molecule has 2 amide bonds. The fourth-order valence-electron chi connectivity index (χ4n) is 7.35. The largest absolute Gasteiger partial charge is 0.504 e. The van der Waals surface area contributed by atoms with Gasteiger partial charge in [-0.2, -0.15) is 0 Å². The monoisotopic (exact) mass is 646 g/mol. The number of amides is 2. The van der Waals surface area contributed by atoms with Gasteiger partial charge in [0.05, 0.1) is 28.6 Å². The highest BCUT2D eigenvalue weighted by Crippen LogP contribution is 2.58. The van der Waals surface area contributed by atoms with Gasteiger partial charge in [0.25, 0.3) is 0 Å². The number of phenols is 1. The molecule has 0 aromatic heterocycles. The Morgan fingerprint density at radius 2 is 1.82 bits per heavy atom. The number of aliphatic hydroxyl groups is 1. The molecule has 2 aromatic carbocycles. The van der Waals surface area contributed by atoms with Gasteiger partial charge in [-0.1, -0.05) is 37.3 Å². The summed E-state index contributed by atoms with van der Waals surface area (Å²) in [6, 6.07) is 13.8. The SMILES string of the molecule is COc1cc([C@@H]2C[C@H]3[C@H]4C(=O)N(C5CCN(Cc6ccccc6)CC5)C(=O)[C@H]4C[C@H](C)[C@@]3(O)O2)cc(I)c1O. The minimum Gasteiger partial charge on any atom is -0.504 e. The maximum absolute atomic E-state index is 13.9. The van der Waals surface area contributed by atoms with Crippen molar-refractivity contribution in [3.05, 3.63) is 57.2 Å². The van der Waals surface area contributed by atoms with Crippen molar-refractivity contribution < 1.29 is 29.3 Å². The molecule has 0 unspecified atom stereocenters. The number of phenolic OH excluding ortho intramolecular Hbond substituents is 1. The van der Waals surface area contributed by atoms with Gasteiger partial charge < -0.3 is 19.7 Å². The predicted octanol–water partition coefficient (Wildman–Crippen LogP) is 4.08.